The van der Waals surface area contributed by atoms with Gasteiger partial charge in [0.2, 0.25) is 5.70 Å². The van der Waals surface area contributed by atoms with Crippen molar-refractivity contribution in [2.24, 2.45) is 11.8 Å². The molecule has 4 aromatic rings. The molecule has 0 unspecified atom stereocenters. The Balaban J connectivity index is 1.64. The average molecular weight is 466 g/mol. The lowest BCUT2D eigenvalue weighted by molar-refractivity contribution is 0.135. The second-order valence-electron chi connectivity index (χ2n) is 9.41. The van der Waals surface area contributed by atoms with Crippen molar-refractivity contribution in [1.82, 2.24) is 19.9 Å². The van der Waals surface area contributed by atoms with Crippen molar-refractivity contribution in [3.63, 3.8) is 0 Å². The maximum Gasteiger partial charge on any atom is 0.203 e. The lowest BCUT2D eigenvalue weighted by atomic mass is 9.57. The summed E-state index contributed by atoms with van der Waals surface area (Å²) in [6, 6.07) is 10.00. The molecule has 1 N–H and O–H groups in total. The van der Waals surface area contributed by atoms with Gasteiger partial charge >= 0.3 is 0 Å². The zero-order valence-corrected chi connectivity index (χ0v) is 19.8. The zero-order chi connectivity index (χ0) is 23.4. The van der Waals surface area contributed by atoms with Crippen LogP contribution in [0.3, 0.4) is 0 Å². The fourth-order valence-electron chi connectivity index (χ4n) is 5.92. The van der Waals surface area contributed by atoms with Gasteiger partial charge in [-0.25, -0.2) is 19.8 Å². The van der Waals surface area contributed by atoms with Gasteiger partial charge in [-0.05, 0) is 37.3 Å². The Morgan fingerprint density at radius 1 is 1.15 bits per heavy atom. The Labute approximate surface area is 201 Å². The average Bonchev–Trinajstić information content (AvgIpc) is 3.40. The van der Waals surface area contributed by atoms with E-state index in [1.165, 1.54) is 0 Å². The molecular formula is C27H23N5OS. The van der Waals surface area contributed by atoms with Gasteiger partial charge in [0.25, 0.3) is 0 Å². The summed E-state index contributed by atoms with van der Waals surface area (Å²) in [4.78, 5) is 23.1. The molecule has 6 rings (SSSR count). The smallest absolute Gasteiger partial charge is 0.203 e. The summed E-state index contributed by atoms with van der Waals surface area (Å²) < 4.78 is 0. The topological polar surface area (TPSA) is 76.2 Å². The Bertz CT molecular complexity index is 1500. The van der Waals surface area contributed by atoms with Crippen molar-refractivity contribution in [3.05, 3.63) is 82.2 Å². The van der Waals surface area contributed by atoms with Gasteiger partial charge in [-0.1, -0.05) is 32.0 Å². The highest BCUT2D eigenvalue weighted by molar-refractivity contribution is 7.13. The summed E-state index contributed by atoms with van der Waals surface area (Å²) in [6.45, 7) is 11.9. The molecule has 0 aliphatic heterocycles. The number of nitrogens with zero attached hydrogens (tertiary/aromatic N) is 5. The van der Waals surface area contributed by atoms with Crippen molar-refractivity contribution in [1.29, 1.82) is 0 Å². The van der Waals surface area contributed by atoms with Crippen LogP contribution in [0.1, 0.15) is 37.9 Å². The Morgan fingerprint density at radius 2 is 2.00 bits per heavy atom. The Kier molecular flexibility index (Phi) is 4.75. The van der Waals surface area contributed by atoms with Crippen LogP contribution in [0.4, 0.5) is 0 Å². The van der Waals surface area contributed by atoms with Crippen molar-refractivity contribution < 1.29 is 5.11 Å². The van der Waals surface area contributed by atoms with Gasteiger partial charge in [0.15, 0.2) is 5.82 Å². The van der Waals surface area contributed by atoms with Crippen LogP contribution in [0.25, 0.3) is 37.8 Å². The summed E-state index contributed by atoms with van der Waals surface area (Å²) in [5.41, 5.74) is 4.90. The lowest BCUT2D eigenvalue weighted by Gasteiger charge is -2.48. The normalized spacial score (nSPS) is 23.9. The van der Waals surface area contributed by atoms with Crippen LogP contribution in [-0.2, 0) is 11.8 Å². The zero-order valence-electron chi connectivity index (χ0n) is 19.0. The number of rotatable bonds is 2. The van der Waals surface area contributed by atoms with E-state index >= 15 is 0 Å². The third-order valence-corrected chi connectivity index (χ3v) is 8.38. The van der Waals surface area contributed by atoms with Crippen LogP contribution in [0.15, 0.2) is 59.6 Å². The van der Waals surface area contributed by atoms with E-state index in [0.29, 0.717) is 17.9 Å². The predicted molar refractivity (Wildman–Crippen MR) is 133 cm³/mol. The van der Waals surface area contributed by atoms with E-state index in [-0.39, 0.29) is 23.0 Å². The number of aliphatic hydroxyl groups excluding tert-OH is 1. The van der Waals surface area contributed by atoms with Gasteiger partial charge < -0.3 is 5.11 Å². The van der Waals surface area contributed by atoms with E-state index in [1.807, 2.05) is 42.8 Å². The van der Waals surface area contributed by atoms with E-state index in [9.17, 15) is 5.11 Å². The number of aromatic nitrogens is 4. The molecule has 168 valence electrons. The molecule has 3 atom stereocenters. The highest BCUT2D eigenvalue weighted by atomic mass is 32.1. The van der Waals surface area contributed by atoms with Crippen LogP contribution in [-0.4, -0.2) is 25.0 Å². The minimum absolute atomic E-state index is 0.0838. The fraction of sp³-hybridized carbons (Fsp3) is 0.296. The fourth-order valence-corrected chi connectivity index (χ4v) is 6.57. The number of fused-ring (bicyclic) bond motifs is 4. The lowest BCUT2D eigenvalue weighted by Crippen LogP contribution is -2.45. The van der Waals surface area contributed by atoms with Crippen molar-refractivity contribution in [2.45, 2.75) is 38.5 Å². The molecule has 0 radical (unpaired) electrons. The molecule has 0 saturated heterocycles. The van der Waals surface area contributed by atoms with Gasteiger partial charge in [-0.2, -0.15) is 0 Å². The van der Waals surface area contributed by atoms with E-state index in [0.717, 1.165) is 51.3 Å². The minimum Gasteiger partial charge on any atom is -0.523 e. The van der Waals surface area contributed by atoms with E-state index in [4.69, 9.17) is 16.5 Å². The molecule has 7 heteroatoms. The number of hydrogen-bond acceptors (Lipinski definition) is 6. The predicted octanol–water partition coefficient (Wildman–Crippen LogP) is 6.36. The molecule has 3 aromatic heterocycles. The molecule has 3 heterocycles. The monoisotopic (exact) mass is 465 g/mol. The van der Waals surface area contributed by atoms with Crippen LogP contribution in [0.5, 0.6) is 0 Å². The number of thiazole rings is 1. The van der Waals surface area contributed by atoms with Crippen molar-refractivity contribution in [3.8, 4) is 22.1 Å². The Morgan fingerprint density at radius 3 is 2.79 bits per heavy atom. The molecule has 34 heavy (non-hydrogen) atoms. The first-order chi connectivity index (χ1) is 16.5. The first-order valence-electron chi connectivity index (χ1n) is 11.5. The van der Waals surface area contributed by atoms with Gasteiger partial charge in [0, 0.05) is 45.6 Å². The molecular weight excluding hydrogens is 442 g/mol. The van der Waals surface area contributed by atoms with Crippen molar-refractivity contribution in [2.75, 3.05) is 0 Å². The van der Waals surface area contributed by atoms with E-state index < -0.39 is 0 Å². The number of allylic oxidation sites excluding steroid dienone is 2. The first-order valence-corrected chi connectivity index (χ1v) is 12.3. The molecule has 0 amide bonds. The molecule has 0 saturated carbocycles. The summed E-state index contributed by atoms with van der Waals surface area (Å²) in [5.74, 6) is 1.02. The SMILES string of the molecule is [C-]#[N+]C1=C(O)[C@H](C)[C@H]2CCc3c(-c4nccs4)nc(-c4ccnc5ccccc45)nc3[C@]2(C)C1. The highest BCUT2D eigenvalue weighted by Gasteiger charge is 2.50. The second-order valence-corrected chi connectivity index (χ2v) is 10.3. The molecule has 0 spiro atoms. The highest BCUT2D eigenvalue weighted by Crippen LogP contribution is 2.54. The third-order valence-electron chi connectivity index (χ3n) is 7.60. The molecule has 2 aliphatic carbocycles. The van der Waals surface area contributed by atoms with Crippen LogP contribution >= 0.6 is 11.3 Å². The molecule has 2 aliphatic rings. The number of pyridine rings is 1. The molecule has 6 nitrogen and oxygen atoms in total. The van der Waals surface area contributed by atoms with Gasteiger partial charge in [0.1, 0.15) is 10.7 Å². The second kappa shape index (κ2) is 7.71. The van der Waals surface area contributed by atoms with Crippen LogP contribution in [0.2, 0.25) is 0 Å². The maximum absolute atomic E-state index is 10.7. The van der Waals surface area contributed by atoms with Crippen LogP contribution in [0, 0.1) is 18.4 Å². The van der Waals surface area contributed by atoms with Crippen LogP contribution < -0.4 is 0 Å². The molecule has 1 aromatic carbocycles. The first kappa shape index (κ1) is 20.9. The Hall–Kier alpha value is -3.63. The van der Waals surface area contributed by atoms with E-state index in [1.54, 1.807) is 17.5 Å². The minimum atomic E-state index is -0.369. The maximum atomic E-state index is 10.7. The standard InChI is InChI=1S/C27H23N5OS/c1-15-19-9-8-18-22(26-30-12-13-34-26)31-25(17-10-11-29-20-7-5-4-6-16(17)20)32-24(18)27(19,2)14-21(28-3)23(15)33/h4-7,10-13,15,19,33H,8-9,14H2,1-2H3/t15-,19-,27-/m1/s1. The largest absolute Gasteiger partial charge is 0.523 e. The summed E-state index contributed by atoms with van der Waals surface area (Å²) in [5, 5.41) is 14.6. The summed E-state index contributed by atoms with van der Waals surface area (Å²) in [7, 11) is 0. The summed E-state index contributed by atoms with van der Waals surface area (Å²) in [6.07, 6.45) is 5.83. The van der Waals surface area contributed by atoms with E-state index in [2.05, 4.69) is 27.8 Å². The molecule has 0 bridgehead atoms. The quantitative estimate of drug-likeness (QED) is 0.348. The summed E-state index contributed by atoms with van der Waals surface area (Å²) >= 11 is 1.58. The third kappa shape index (κ3) is 2.99. The van der Waals surface area contributed by atoms with Crippen molar-refractivity contribution >= 4 is 22.2 Å². The number of para-hydroxylation sites is 1. The van der Waals surface area contributed by atoms with Gasteiger partial charge in [-0.15, -0.1) is 11.3 Å². The number of aliphatic hydroxyl groups is 1. The van der Waals surface area contributed by atoms with Gasteiger partial charge in [-0.3, -0.25) is 4.98 Å². The number of benzene rings is 1. The number of hydrogen-bond donors (Lipinski definition) is 1. The van der Waals surface area contributed by atoms with Gasteiger partial charge in [0.05, 0.1) is 23.5 Å². The molecule has 0 fully saturated rings.